The topological polar surface area (TPSA) is 54.3 Å². The molecule has 2 amide bonds. The lowest BCUT2D eigenvalue weighted by Crippen LogP contribution is -2.53. The summed E-state index contributed by atoms with van der Waals surface area (Å²) in [5, 5.41) is 5.01. The minimum Gasteiger partial charge on any atom is -0.318 e. The Kier molecular flexibility index (Phi) is 5.10. The molecule has 0 unspecified atom stereocenters. The Bertz CT molecular complexity index is 1250. The second kappa shape index (κ2) is 7.72. The van der Waals surface area contributed by atoms with Crippen LogP contribution in [-0.2, 0) is 9.59 Å². The van der Waals surface area contributed by atoms with E-state index in [2.05, 4.69) is 46.8 Å². The van der Waals surface area contributed by atoms with Crippen molar-refractivity contribution in [3.05, 3.63) is 83.7 Å². The third-order valence-corrected chi connectivity index (χ3v) is 5.58. The highest BCUT2D eigenvalue weighted by atomic mass is 32.1. The normalized spacial score (nSPS) is 15.7. The van der Waals surface area contributed by atoms with Crippen molar-refractivity contribution >= 4 is 46.0 Å². The van der Waals surface area contributed by atoms with Gasteiger partial charge in [0.1, 0.15) is 5.57 Å². The van der Waals surface area contributed by atoms with E-state index >= 15 is 0 Å². The summed E-state index contributed by atoms with van der Waals surface area (Å²) in [5.74, 6) is -0.903. The van der Waals surface area contributed by atoms with E-state index in [-0.39, 0.29) is 17.2 Å². The first-order valence-electron chi connectivity index (χ1n) is 9.58. The van der Waals surface area contributed by atoms with Crippen molar-refractivity contribution in [2.75, 3.05) is 6.54 Å². The van der Waals surface area contributed by atoms with Gasteiger partial charge in [0.2, 0.25) is 0 Å². The Labute approximate surface area is 180 Å². The maximum Gasteiger partial charge on any atom is 0.265 e. The lowest BCUT2D eigenvalue weighted by Gasteiger charge is -2.27. The van der Waals surface area contributed by atoms with E-state index in [0.717, 1.165) is 28.0 Å². The van der Waals surface area contributed by atoms with E-state index in [4.69, 9.17) is 12.2 Å². The zero-order valence-electron chi connectivity index (χ0n) is 16.8. The summed E-state index contributed by atoms with van der Waals surface area (Å²) >= 11 is 5.11. The van der Waals surface area contributed by atoms with Gasteiger partial charge in [-0.25, -0.2) is 0 Å². The van der Waals surface area contributed by atoms with Crippen molar-refractivity contribution in [1.29, 1.82) is 0 Å². The largest absolute Gasteiger partial charge is 0.318 e. The number of carbonyl (C=O) groups excluding carboxylic acids is 2. The molecule has 1 aromatic heterocycles. The van der Waals surface area contributed by atoms with E-state index < -0.39 is 11.8 Å². The molecule has 30 heavy (non-hydrogen) atoms. The van der Waals surface area contributed by atoms with E-state index in [1.54, 1.807) is 12.2 Å². The van der Waals surface area contributed by atoms with Gasteiger partial charge in [-0.2, -0.15) is 0 Å². The van der Waals surface area contributed by atoms with Gasteiger partial charge >= 0.3 is 0 Å². The fourth-order valence-electron chi connectivity index (χ4n) is 3.79. The lowest BCUT2D eigenvalue weighted by molar-refractivity contribution is -0.128. The third kappa shape index (κ3) is 3.35. The van der Waals surface area contributed by atoms with Gasteiger partial charge in [0.05, 0.1) is 0 Å². The molecule has 0 atom stereocenters. The Morgan fingerprint density at radius 2 is 1.80 bits per heavy atom. The predicted octanol–water partition coefficient (Wildman–Crippen LogP) is 4.06. The summed E-state index contributed by atoms with van der Waals surface area (Å²) in [6.45, 7) is 7.87. The van der Waals surface area contributed by atoms with Crippen LogP contribution < -0.4 is 5.32 Å². The van der Waals surface area contributed by atoms with Gasteiger partial charge in [0.25, 0.3) is 11.8 Å². The zero-order valence-corrected chi connectivity index (χ0v) is 17.6. The fraction of sp³-hybridized carbons (Fsp3) is 0.125. The molecule has 1 aliphatic rings. The monoisotopic (exact) mass is 415 g/mol. The molecule has 4 rings (SSSR count). The van der Waals surface area contributed by atoms with Crippen molar-refractivity contribution in [2.45, 2.75) is 13.8 Å². The highest BCUT2D eigenvalue weighted by molar-refractivity contribution is 7.80. The molecule has 1 aliphatic heterocycles. The van der Waals surface area contributed by atoms with Crippen molar-refractivity contribution in [1.82, 2.24) is 14.8 Å². The molecule has 0 radical (unpaired) electrons. The van der Waals surface area contributed by atoms with Crippen LogP contribution in [0.1, 0.15) is 17.0 Å². The lowest BCUT2D eigenvalue weighted by atomic mass is 10.1. The molecule has 0 aliphatic carbocycles. The first kappa shape index (κ1) is 19.8. The summed E-state index contributed by atoms with van der Waals surface area (Å²) < 4.78 is 2.12. The molecule has 1 saturated heterocycles. The summed E-state index contributed by atoms with van der Waals surface area (Å²) in [4.78, 5) is 26.6. The summed E-state index contributed by atoms with van der Waals surface area (Å²) in [6.07, 6.45) is 3.21. The van der Waals surface area contributed by atoms with Crippen LogP contribution in [-0.4, -0.2) is 32.9 Å². The molecule has 3 aromatic rings. The van der Waals surface area contributed by atoms with Crippen molar-refractivity contribution in [3.63, 3.8) is 0 Å². The van der Waals surface area contributed by atoms with Crippen molar-refractivity contribution in [2.24, 2.45) is 0 Å². The average molecular weight is 416 g/mol. The number of carbonyl (C=O) groups is 2. The SMILES string of the molecule is C=CCN1C(=O)/C(=C/c2cc(C)n(-c3ccc4ccccc4c3)c2C)C(=O)NC1=S. The summed E-state index contributed by atoms with van der Waals surface area (Å²) in [5.41, 5.74) is 3.85. The fourth-order valence-corrected chi connectivity index (χ4v) is 4.04. The minimum absolute atomic E-state index is 0.0595. The molecule has 0 bridgehead atoms. The Morgan fingerprint density at radius 1 is 1.07 bits per heavy atom. The predicted molar refractivity (Wildman–Crippen MR) is 123 cm³/mol. The second-order valence-corrected chi connectivity index (χ2v) is 7.60. The molecular formula is C24H21N3O2S. The van der Waals surface area contributed by atoms with Crippen LogP contribution in [0.2, 0.25) is 0 Å². The summed E-state index contributed by atoms with van der Waals surface area (Å²) in [6, 6.07) is 16.5. The van der Waals surface area contributed by atoms with Gasteiger partial charge < -0.3 is 4.57 Å². The van der Waals surface area contributed by atoms with E-state index in [1.165, 1.54) is 10.3 Å². The van der Waals surface area contributed by atoms with Gasteiger partial charge in [-0.15, -0.1) is 6.58 Å². The number of benzene rings is 2. The number of thiocarbonyl (C=S) groups is 1. The number of hydrogen-bond acceptors (Lipinski definition) is 3. The maximum absolute atomic E-state index is 12.8. The van der Waals surface area contributed by atoms with Crippen LogP contribution >= 0.6 is 12.2 Å². The number of hydrogen-bond donors (Lipinski definition) is 1. The average Bonchev–Trinajstić information content (AvgIpc) is 3.01. The Balaban J connectivity index is 1.77. The molecule has 2 heterocycles. The first-order chi connectivity index (χ1) is 14.4. The number of aromatic nitrogens is 1. The van der Waals surface area contributed by atoms with Crippen LogP contribution in [0.15, 0.2) is 66.8 Å². The highest BCUT2D eigenvalue weighted by Crippen LogP contribution is 2.26. The van der Waals surface area contributed by atoms with Crippen molar-refractivity contribution < 1.29 is 9.59 Å². The number of nitrogens with one attached hydrogen (secondary N) is 1. The molecule has 1 N–H and O–H groups in total. The van der Waals surface area contributed by atoms with Gasteiger partial charge in [-0.05, 0) is 66.7 Å². The number of amides is 2. The molecular weight excluding hydrogens is 394 g/mol. The van der Waals surface area contributed by atoms with Crippen LogP contribution in [0.3, 0.4) is 0 Å². The van der Waals surface area contributed by atoms with Crippen LogP contribution in [0.25, 0.3) is 22.5 Å². The molecule has 2 aromatic carbocycles. The van der Waals surface area contributed by atoms with E-state index in [1.807, 2.05) is 32.0 Å². The molecule has 0 saturated carbocycles. The second-order valence-electron chi connectivity index (χ2n) is 7.22. The number of fused-ring (bicyclic) bond motifs is 1. The molecule has 5 nitrogen and oxygen atoms in total. The van der Waals surface area contributed by atoms with Gasteiger partial charge in [-0.3, -0.25) is 19.8 Å². The molecule has 0 spiro atoms. The highest BCUT2D eigenvalue weighted by Gasteiger charge is 2.32. The van der Waals surface area contributed by atoms with Gasteiger partial charge in [0, 0.05) is 23.6 Å². The molecule has 6 heteroatoms. The Morgan fingerprint density at radius 3 is 2.53 bits per heavy atom. The third-order valence-electron chi connectivity index (χ3n) is 5.26. The molecule has 150 valence electrons. The number of nitrogens with zero attached hydrogens (tertiary/aromatic N) is 2. The standard InChI is InChI=1S/C24H21N3O2S/c1-4-11-26-23(29)21(22(28)25-24(26)30)14-19-12-15(2)27(16(19)3)20-10-9-17-7-5-6-8-18(17)13-20/h4-10,12-14H,1,11H2,2-3H3,(H,25,28,30)/b21-14+. The van der Waals surface area contributed by atoms with Gasteiger partial charge in [0.15, 0.2) is 5.11 Å². The maximum atomic E-state index is 12.8. The number of aryl methyl sites for hydroxylation is 1. The molecule has 1 fully saturated rings. The first-order valence-corrected chi connectivity index (χ1v) is 9.99. The van der Waals surface area contributed by atoms with Crippen LogP contribution in [0.4, 0.5) is 0 Å². The summed E-state index contributed by atoms with van der Waals surface area (Å²) in [7, 11) is 0. The van der Waals surface area contributed by atoms with Crippen LogP contribution in [0.5, 0.6) is 0 Å². The van der Waals surface area contributed by atoms with E-state index in [9.17, 15) is 9.59 Å². The van der Waals surface area contributed by atoms with E-state index in [0.29, 0.717) is 0 Å². The quantitative estimate of drug-likeness (QED) is 0.303. The van der Waals surface area contributed by atoms with Crippen molar-refractivity contribution in [3.8, 4) is 5.69 Å². The zero-order chi connectivity index (χ0) is 21.4. The number of rotatable bonds is 4. The van der Waals surface area contributed by atoms with Crippen LogP contribution in [0, 0.1) is 13.8 Å². The Hall–Kier alpha value is -3.51. The smallest absolute Gasteiger partial charge is 0.265 e. The van der Waals surface area contributed by atoms with Gasteiger partial charge in [-0.1, -0.05) is 36.4 Å². The minimum atomic E-state index is -0.485.